The zero-order valence-corrected chi connectivity index (χ0v) is 19.5. The molecule has 0 radical (unpaired) electrons. The molecule has 3 rings (SSSR count). The van der Waals surface area contributed by atoms with E-state index < -0.39 is 39.0 Å². The molecule has 1 aromatic heterocycles. The Kier molecular flexibility index (Phi) is 7.06. The van der Waals surface area contributed by atoms with E-state index in [1.54, 1.807) is 20.8 Å². The lowest BCUT2D eigenvalue weighted by Gasteiger charge is -2.26. The Morgan fingerprint density at radius 1 is 1.06 bits per heavy atom. The van der Waals surface area contributed by atoms with Gasteiger partial charge >= 0.3 is 21.7 Å². The van der Waals surface area contributed by atoms with Gasteiger partial charge in [-0.1, -0.05) is 12.1 Å². The van der Waals surface area contributed by atoms with Crippen molar-refractivity contribution < 1.29 is 39.7 Å². The Hall–Kier alpha value is -2.96. The summed E-state index contributed by atoms with van der Waals surface area (Å²) in [6.45, 7) is 5.25. The molecule has 1 amide bonds. The molecule has 0 bridgehead atoms. The summed E-state index contributed by atoms with van der Waals surface area (Å²) in [4.78, 5) is 22.1. The largest absolute Gasteiger partial charge is 0.534 e. The predicted octanol–water partition coefficient (Wildman–Crippen LogP) is 3.77. The van der Waals surface area contributed by atoms with Crippen molar-refractivity contribution in [3.63, 3.8) is 0 Å². The van der Waals surface area contributed by atoms with Crippen molar-refractivity contribution in [2.24, 2.45) is 0 Å². The fourth-order valence-electron chi connectivity index (χ4n) is 3.21. The lowest BCUT2D eigenvalue weighted by molar-refractivity contribution is -0.0501. The number of benzene rings is 1. The van der Waals surface area contributed by atoms with Crippen LogP contribution >= 0.6 is 0 Å². The first-order valence-electron chi connectivity index (χ1n) is 10.3. The van der Waals surface area contributed by atoms with E-state index in [4.69, 9.17) is 4.74 Å². The monoisotopic (exact) mass is 505 g/mol. The maximum Gasteiger partial charge on any atom is 0.534 e. The Morgan fingerprint density at radius 3 is 2.26 bits per heavy atom. The Morgan fingerprint density at radius 2 is 1.68 bits per heavy atom. The van der Waals surface area contributed by atoms with Crippen molar-refractivity contribution >= 4 is 16.2 Å². The van der Waals surface area contributed by atoms with Gasteiger partial charge in [-0.25, -0.2) is 14.2 Å². The van der Waals surface area contributed by atoms with Gasteiger partial charge in [0.25, 0.3) is 0 Å². The molecule has 34 heavy (non-hydrogen) atoms. The van der Waals surface area contributed by atoms with Crippen LogP contribution in [0.15, 0.2) is 24.3 Å². The number of nitrogens with zero attached hydrogens (tertiary/aromatic N) is 3. The molecule has 0 aliphatic carbocycles. The lowest BCUT2D eigenvalue weighted by Crippen LogP contribution is -2.38. The quantitative estimate of drug-likeness (QED) is 0.354. The van der Waals surface area contributed by atoms with Crippen LogP contribution in [0.5, 0.6) is 5.88 Å². The number of alkyl halides is 3. The summed E-state index contributed by atoms with van der Waals surface area (Å²) in [5, 5.41) is 0. The number of aromatic nitrogens is 2. The first kappa shape index (κ1) is 25.7. The number of carbonyl (C=O) groups is 1. The third-order valence-electron chi connectivity index (χ3n) is 4.75. The standard InChI is InChI=1S/C21H23F4N3O5S/c1-20(2,3)32-19(29)28-10-8-15-16(9-11-28)26-17(12-13-4-6-14(22)7-5-13)27-18(15)33-34(30,31)21(23,24)25/h4-7H,8-12H2,1-3H3. The van der Waals surface area contributed by atoms with Crippen LogP contribution in [-0.4, -0.2) is 53.6 Å². The van der Waals surface area contributed by atoms with Crippen molar-refractivity contribution in [3.05, 3.63) is 52.7 Å². The summed E-state index contributed by atoms with van der Waals surface area (Å²) >= 11 is 0. The van der Waals surface area contributed by atoms with Crippen LogP contribution in [0.4, 0.5) is 22.4 Å². The highest BCUT2D eigenvalue weighted by Crippen LogP contribution is 2.31. The molecule has 2 heterocycles. The van der Waals surface area contributed by atoms with Crippen LogP contribution in [0.2, 0.25) is 0 Å². The molecule has 0 saturated carbocycles. The van der Waals surface area contributed by atoms with Crippen LogP contribution in [0.1, 0.15) is 43.4 Å². The number of rotatable bonds is 4. The highest BCUT2D eigenvalue weighted by molar-refractivity contribution is 7.87. The summed E-state index contributed by atoms with van der Waals surface area (Å²) in [5.41, 5.74) is -5.55. The zero-order valence-electron chi connectivity index (χ0n) is 18.6. The lowest BCUT2D eigenvalue weighted by atomic mass is 10.1. The molecule has 0 saturated heterocycles. The van der Waals surface area contributed by atoms with E-state index in [2.05, 4.69) is 14.2 Å². The maximum absolute atomic E-state index is 13.2. The van der Waals surface area contributed by atoms with Gasteiger partial charge in [-0.15, -0.1) is 0 Å². The second kappa shape index (κ2) is 9.35. The second-order valence-corrected chi connectivity index (χ2v) is 10.2. The molecule has 0 atom stereocenters. The second-order valence-electron chi connectivity index (χ2n) is 8.62. The smallest absolute Gasteiger partial charge is 0.444 e. The van der Waals surface area contributed by atoms with Gasteiger partial charge in [0.05, 0.1) is 5.69 Å². The molecule has 0 spiro atoms. The van der Waals surface area contributed by atoms with Crippen LogP contribution < -0.4 is 4.18 Å². The van der Waals surface area contributed by atoms with Crippen molar-refractivity contribution in [2.45, 2.75) is 51.1 Å². The normalized spacial score (nSPS) is 14.9. The number of hydrogen-bond acceptors (Lipinski definition) is 7. The highest BCUT2D eigenvalue weighted by Gasteiger charge is 2.49. The van der Waals surface area contributed by atoms with Crippen molar-refractivity contribution in [1.82, 2.24) is 14.9 Å². The van der Waals surface area contributed by atoms with E-state index in [9.17, 15) is 30.8 Å². The zero-order chi connectivity index (χ0) is 25.3. The number of halogens is 4. The van der Waals surface area contributed by atoms with E-state index in [1.807, 2.05) is 0 Å². The number of hydrogen-bond donors (Lipinski definition) is 0. The van der Waals surface area contributed by atoms with Gasteiger partial charge in [0.2, 0.25) is 5.88 Å². The fourth-order valence-corrected chi connectivity index (χ4v) is 3.65. The van der Waals surface area contributed by atoms with Gasteiger partial charge in [-0.05, 0) is 44.9 Å². The van der Waals surface area contributed by atoms with Gasteiger partial charge in [-0.3, -0.25) is 0 Å². The maximum atomic E-state index is 13.2. The number of fused-ring (bicyclic) bond motifs is 1. The van der Waals surface area contributed by atoms with Crippen LogP contribution in [0.25, 0.3) is 0 Å². The van der Waals surface area contributed by atoms with Gasteiger partial charge in [-0.2, -0.15) is 26.6 Å². The van der Waals surface area contributed by atoms with Crippen LogP contribution in [0, 0.1) is 5.82 Å². The molecular formula is C21H23F4N3O5S. The Balaban J connectivity index is 1.96. The first-order valence-corrected chi connectivity index (χ1v) is 11.7. The summed E-state index contributed by atoms with van der Waals surface area (Å²) in [5.74, 6) is -1.23. The minimum absolute atomic E-state index is 0.00817. The Labute approximate surface area is 194 Å². The van der Waals surface area contributed by atoms with Crippen LogP contribution in [-0.2, 0) is 34.1 Å². The summed E-state index contributed by atoms with van der Waals surface area (Å²) in [6.07, 6.45) is -0.569. The SMILES string of the molecule is CC(C)(C)OC(=O)N1CCc2nc(Cc3ccc(F)cc3)nc(OS(=O)(=O)C(F)(F)F)c2CC1. The molecule has 0 fully saturated rings. The van der Waals surface area contributed by atoms with Crippen molar-refractivity contribution in [3.8, 4) is 5.88 Å². The van der Waals surface area contributed by atoms with Crippen molar-refractivity contribution in [1.29, 1.82) is 0 Å². The molecular weight excluding hydrogens is 482 g/mol. The number of ether oxygens (including phenoxy) is 1. The fraction of sp³-hybridized carbons (Fsp3) is 0.476. The molecule has 13 heteroatoms. The Bertz CT molecular complexity index is 1160. The number of carbonyl (C=O) groups excluding carboxylic acids is 1. The molecule has 186 valence electrons. The molecule has 8 nitrogen and oxygen atoms in total. The molecule has 1 aliphatic rings. The minimum Gasteiger partial charge on any atom is -0.444 e. The highest BCUT2D eigenvalue weighted by atomic mass is 32.2. The average Bonchev–Trinajstić information content (AvgIpc) is 2.90. The molecule has 1 aliphatic heterocycles. The molecule has 0 N–H and O–H groups in total. The van der Waals surface area contributed by atoms with Gasteiger partial charge in [0.15, 0.2) is 0 Å². The summed E-state index contributed by atoms with van der Waals surface area (Å²) in [7, 11) is -5.99. The third kappa shape index (κ3) is 6.33. The minimum atomic E-state index is -5.99. The summed E-state index contributed by atoms with van der Waals surface area (Å²) < 4.78 is 85.3. The average molecular weight is 505 g/mol. The van der Waals surface area contributed by atoms with E-state index in [-0.39, 0.29) is 49.4 Å². The summed E-state index contributed by atoms with van der Waals surface area (Å²) in [6, 6.07) is 5.29. The van der Waals surface area contributed by atoms with E-state index >= 15 is 0 Å². The first-order chi connectivity index (χ1) is 15.6. The van der Waals surface area contributed by atoms with E-state index in [1.165, 1.54) is 29.2 Å². The van der Waals surface area contributed by atoms with E-state index in [0.717, 1.165) is 0 Å². The third-order valence-corrected chi connectivity index (χ3v) is 5.69. The van der Waals surface area contributed by atoms with Gasteiger partial charge < -0.3 is 13.8 Å². The van der Waals surface area contributed by atoms with Gasteiger partial charge in [0, 0.05) is 31.5 Å². The van der Waals surface area contributed by atoms with Crippen LogP contribution in [0.3, 0.4) is 0 Å². The predicted molar refractivity (Wildman–Crippen MR) is 112 cm³/mol. The van der Waals surface area contributed by atoms with E-state index in [0.29, 0.717) is 5.56 Å². The topological polar surface area (TPSA) is 98.7 Å². The number of amides is 1. The molecule has 2 aromatic rings. The molecule has 0 unspecified atom stereocenters. The van der Waals surface area contributed by atoms with Gasteiger partial charge in [0.1, 0.15) is 17.2 Å². The van der Waals surface area contributed by atoms with Crippen molar-refractivity contribution in [2.75, 3.05) is 13.1 Å². The molecule has 1 aromatic carbocycles.